The predicted octanol–water partition coefficient (Wildman–Crippen LogP) is -0.734. The zero-order valence-electron chi connectivity index (χ0n) is 16.8. The van der Waals surface area contributed by atoms with Crippen molar-refractivity contribution in [3.8, 4) is 0 Å². The summed E-state index contributed by atoms with van der Waals surface area (Å²) in [5.74, 6) is -0.162. The van der Waals surface area contributed by atoms with E-state index in [9.17, 15) is 9.59 Å². The quantitative estimate of drug-likeness (QED) is 0.688. The van der Waals surface area contributed by atoms with Gasteiger partial charge in [0.15, 0.2) is 5.65 Å². The lowest BCUT2D eigenvalue weighted by atomic mass is 9.80. The number of hydrogen-bond donors (Lipinski definition) is 1. The molecule has 5 heterocycles. The molecule has 0 aromatic carbocycles. The summed E-state index contributed by atoms with van der Waals surface area (Å²) in [7, 11) is 0. The lowest BCUT2D eigenvalue weighted by Crippen LogP contribution is -2.49. The van der Waals surface area contributed by atoms with E-state index in [4.69, 9.17) is 9.47 Å². The Balaban J connectivity index is 1.26. The molecule has 2 amide bonds. The molecule has 0 saturated carbocycles. The van der Waals surface area contributed by atoms with Crippen LogP contribution in [0.4, 0.5) is 0 Å². The SMILES string of the molecule is O=C(c1cnn2cccnc12)N1C[C@H]2COC[C@@]2(C(=O)NCCN2CCOCC2)C1. The van der Waals surface area contributed by atoms with Gasteiger partial charge in [-0.25, -0.2) is 9.50 Å². The maximum absolute atomic E-state index is 13.2. The molecule has 0 bridgehead atoms. The first kappa shape index (κ1) is 19.4. The molecule has 2 aromatic rings. The van der Waals surface area contributed by atoms with E-state index in [1.165, 1.54) is 0 Å². The number of rotatable bonds is 5. The summed E-state index contributed by atoms with van der Waals surface area (Å²) in [5.41, 5.74) is 0.302. The van der Waals surface area contributed by atoms with Gasteiger partial charge >= 0.3 is 0 Å². The summed E-state index contributed by atoms with van der Waals surface area (Å²) < 4.78 is 12.6. The van der Waals surface area contributed by atoms with Crippen molar-refractivity contribution in [2.24, 2.45) is 11.3 Å². The normalized spacial score (nSPS) is 26.8. The first-order chi connectivity index (χ1) is 14.7. The summed E-state index contributed by atoms with van der Waals surface area (Å²) >= 11 is 0. The molecule has 0 aliphatic carbocycles. The Kier molecular flexibility index (Phi) is 5.13. The molecule has 30 heavy (non-hydrogen) atoms. The third-order valence-corrected chi connectivity index (χ3v) is 6.44. The third-order valence-electron chi connectivity index (χ3n) is 6.44. The fourth-order valence-corrected chi connectivity index (χ4v) is 4.69. The van der Waals surface area contributed by atoms with E-state index in [0.717, 1.165) is 32.8 Å². The molecule has 0 spiro atoms. The zero-order valence-corrected chi connectivity index (χ0v) is 16.8. The van der Waals surface area contributed by atoms with Crippen LogP contribution in [0.25, 0.3) is 5.65 Å². The second-order valence-electron chi connectivity index (χ2n) is 8.21. The molecule has 3 aliphatic heterocycles. The number of hydrogen-bond acceptors (Lipinski definition) is 7. The van der Waals surface area contributed by atoms with Crippen LogP contribution in [0.5, 0.6) is 0 Å². The molecular weight excluding hydrogens is 388 g/mol. The van der Waals surface area contributed by atoms with E-state index in [-0.39, 0.29) is 17.7 Å². The fraction of sp³-hybridized carbons (Fsp3) is 0.600. The van der Waals surface area contributed by atoms with Crippen LogP contribution in [0.1, 0.15) is 10.4 Å². The molecule has 2 aromatic heterocycles. The van der Waals surface area contributed by atoms with Crippen molar-refractivity contribution in [1.82, 2.24) is 29.7 Å². The molecule has 3 saturated heterocycles. The molecule has 3 aliphatic rings. The largest absolute Gasteiger partial charge is 0.380 e. The summed E-state index contributed by atoms with van der Waals surface area (Å²) in [6, 6.07) is 1.77. The van der Waals surface area contributed by atoms with Gasteiger partial charge in [-0.2, -0.15) is 5.10 Å². The third kappa shape index (κ3) is 3.34. The van der Waals surface area contributed by atoms with Crippen molar-refractivity contribution in [2.75, 3.05) is 65.7 Å². The van der Waals surface area contributed by atoms with Gasteiger partial charge in [0.1, 0.15) is 5.56 Å². The smallest absolute Gasteiger partial charge is 0.259 e. The van der Waals surface area contributed by atoms with Crippen molar-refractivity contribution < 1.29 is 19.1 Å². The van der Waals surface area contributed by atoms with Gasteiger partial charge in [0, 0.05) is 57.6 Å². The number of morpholine rings is 1. The maximum atomic E-state index is 13.2. The topological polar surface area (TPSA) is 101 Å². The van der Waals surface area contributed by atoms with Gasteiger partial charge in [0.05, 0.1) is 38.0 Å². The summed E-state index contributed by atoms with van der Waals surface area (Å²) in [4.78, 5) is 34.6. The number of ether oxygens (including phenoxy) is 2. The van der Waals surface area contributed by atoms with Gasteiger partial charge in [-0.15, -0.1) is 0 Å². The van der Waals surface area contributed by atoms with Crippen LogP contribution >= 0.6 is 0 Å². The molecule has 3 fully saturated rings. The molecule has 0 radical (unpaired) electrons. The second-order valence-corrected chi connectivity index (χ2v) is 8.21. The first-order valence-corrected chi connectivity index (χ1v) is 10.4. The van der Waals surface area contributed by atoms with Crippen LogP contribution in [-0.4, -0.2) is 102 Å². The van der Waals surface area contributed by atoms with E-state index in [0.29, 0.717) is 44.1 Å². The van der Waals surface area contributed by atoms with Gasteiger partial charge in [-0.3, -0.25) is 14.5 Å². The van der Waals surface area contributed by atoms with E-state index >= 15 is 0 Å². The van der Waals surface area contributed by atoms with E-state index in [1.807, 2.05) is 0 Å². The molecule has 0 unspecified atom stereocenters. The van der Waals surface area contributed by atoms with Crippen LogP contribution in [0.3, 0.4) is 0 Å². The van der Waals surface area contributed by atoms with Crippen LogP contribution in [0.15, 0.2) is 24.7 Å². The number of amides is 2. The van der Waals surface area contributed by atoms with E-state index < -0.39 is 5.41 Å². The maximum Gasteiger partial charge on any atom is 0.259 e. The molecule has 160 valence electrons. The van der Waals surface area contributed by atoms with Gasteiger partial charge in [0.25, 0.3) is 5.91 Å². The highest BCUT2D eigenvalue weighted by Gasteiger charge is 2.56. The predicted molar refractivity (Wildman–Crippen MR) is 106 cm³/mol. The van der Waals surface area contributed by atoms with Crippen LogP contribution in [0, 0.1) is 11.3 Å². The standard InChI is InChI=1S/C20H26N6O4/c27-18(16-10-23-26-4-1-2-21-17(16)26)25-11-15-12-30-14-20(15,13-25)19(28)22-3-5-24-6-8-29-9-7-24/h1-2,4,10,15H,3,5-9,11-14H2,(H,22,28)/t15-,20-/m0/s1. The van der Waals surface area contributed by atoms with E-state index in [1.54, 1.807) is 34.1 Å². The van der Waals surface area contributed by atoms with Crippen molar-refractivity contribution in [1.29, 1.82) is 0 Å². The monoisotopic (exact) mass is 414 g/mol. The van der Waals surface area contributed by atoms with Gasteiger partial charge in [-0.05, 0) is 6.07 Å². The van der Waals surface area contributed by atoms with Gasteiger partial charge in [-0.1, -0.05) is 0 Å². The fourth-order valence-electron chi connectivity index (χ4n) is 4.69. The van der Waals surface area contributed by atoms with Crippen LogP contribution < -0.4 is 5.32 Å². The number of aromatic nitrogens is 3. The molecule has 5 rings (SSSR count). The molecule has 2 atom stereocenters. The summed E-state index contributed by atoms with van der Waals surface area (Å²) in [5, 5.41) is 7.30. The van der Waals surface area contributed by atoms with Crippen molar-refractivity contribution in [3.05, 3.63) is 30.2 Å². The second kappa shape index (κ2) is 7.93. The summed E-state index contributed by atoms with van der Waals surface area (Å²) in [6.07, 6.45) is 4.95. The Morgan fingerprint density at radius 1 is 1.27 bits per heavy atom. The minimum atomic E-state index is -0.683. The van der Waals surface area contributed by atoms with Gasteiger partial charge in [0.2, 0.25) is 5.91 Å². The molecule has 1 N–H and O–H groups in total. The lowest BCUT2D eigenvalue weighted by molar-refractivity contribution is -0.131. The Morgan fingerprint density at radius 3 is 3.00 bits per heavy atom. The number of nitrogens with one attached hydrogen (secondary N) is 1. The van der Waals surface area contributed by atoms with Crippen molar-refractivity contribution >= 4 is 17.5 Å². The Morgan fingerprint density at radius 2 is 2.13 bits per heavy atom. The average molecular weight is 414 g/mol. The van der Waals surface area contributed by atoms with Gasteiger partial charge < -0.3 is 19.7 Å². The van der Waals surface area contributed by atoms with Crippen LogP contribution in [0.2, 0.25) is 0 Å². The van der Waals surface area contributed by atoms with Crippen molar-refractivity contribution in [3.63, 3.8) is 0 Å². The Labute approximate surface area is 174 Å². The minimum absolute atomic E-state index is 0.000338. The number of fused-ring (bicyclic) bond motifs is 2. The number of nitrogens with zero attached hydrogens (tertiary/aromatic N) is 5. The number of carbonyl (C=O) groups excluding carboxylic acids is 2. The summed E-state index contributed by atoms with van der Waals surface area (Å²) in [6.45, 7) is 6.33. The average Bonchev–Trinajstić information content (AvgIpc) is 3.46. The minimum Gasteiger partial charge on any atom is -0.380 e. The lowest BCUT2D eigenvalue weighted by Gasteiger charge is -2.29. The molecule has 10 heteroatoms. The Hall–Kier alpha value is -2.56. The molecular formula is C20H26N6O4. The first-order valence-electron chi connectivity index (χ1n) is 10.4. The number of likely N-dealkylation sites (tertiary alicyclic amines) is 1. The Bertz CT molecular complexity index is 942. The highest BCUT2D eigenvalue weighted by Crippen LogP contribution is 2.42. The highest BCUT2D eigenvalue weighted by molar-refractivity contribution is 6.00. The number of carbonyl (C=O) groups is 2. The van der Waals surface area contributed by atoms with E-state index in [2.05, 4.69) is 20.3 Å². The highest BCUT2D eigenvalue weighted by atomic mass is 16.5. The zero-order chi connectivity index (χ0) is 20.6. The molecule has 10 nitrogen and oxygen atoms in total. The van der Waals surface area contributed by atoms with Crippen molar-refractivity contribution in [2.45, 2.75) is 0 Å². The van der Waals surface area contributed by atoms with Crippen LogP contribution in [-0.2, 0) is 14.3 Å².